The summed E-state index contributed by atoms with van der Waals surface area (Å²) in [5, 5.41) is 3.40. The number of piperidine rings is 1. The molecule has 2 saturated heterocycles. The molecule has 0 aromatic heterocycles. The van der Waals surface area contributed by atoms with Gasteiger partial charge in [0, 0.05) is 19.1 Å². The Labute approximate surface area is 110 Å². The maximum Gasteiger partial charge on any atom is 0.230 e. The van der Waals surface area contributed by atoms with Gasteiger partial charge in [0.2, 0.25) is 5.91 Å². The molecule has 1 saturated carbocycles. The first-order valence-electron chi connectivity index (χ1n) is 7.79. The van der Waals surface area contributed by atoms with Gasteiger partial charge in [-0.25, -0.2) is 0 Å². The summed E-state index contributed by atoms with van der Waals surface area (Å²) in [6, 6.07) is 0.579. The fourth-order valence-electron chi connectivity index (χ4n) is 4.39. The zero-order valence-corrected chi connectivity index (χ0v) is 11.6. The van der Waals surface area contributed by atoms with E-state index in [1.54, 1.807) is 0 Å². The van der Waals surface area contributed by atoms with Crippen molar-refractivity contribution >= 4 is 5.91 Å². The van der Waals surface area contributed by atoms with Gasteiger partial charge in [0.1, 0.15) is 0 Å². The smallest absolute Gasteiger partial charge is 0.230 e. The summed E-state index contributed by atoms with van der Waals surface area (Å²) in [6.07, 6.45) is 8.54. The minimum Gasteiger partial charge on any atom is -0.339 e. The molecule has 2 aliphatic heterocycles. The van der Waals surface area contributed by atoms with Crippen LogP contribution in [0.4, 0.5) is 0 Å². The Morgan fingerprint density at radius 1 is 1.33 bits per heavy atom. The van der Waals surface area contributed by atoms with Crippen molar-refractivity contribution in [3.05, 3.63) is 0 Å². The monoisotopic (exact) mass is 250 g/mol. The number of fused-ring (bicyclic) bond motifs is 1. The van der Waals surface area contributed by atoms with Crippen LogP contribution in [0.1, 0.15) is 51.9 Å². The van der Waals surface area contributed by atoms with Gasteiger partial charge in [-0.05, 0) is 51.0 Å². The van der Waals surface area contributed by atoms with Crippen molar-refractivity contribution in [2.45, 2.75) is 57.9 Å². The lowest BCUT2D eigenvalue weighted by Crippen LogP contribution is -2.53. The van der Waals surface area contributed by atoms with E-state index in [0.717, 1.165) is 38.4 Å². The molecule has 0 bridgehead atoms. The van der Waals surface area contributed by atoms with Gasteiger partial charge in [-0.15, -0.1) is 0 Å². The van der Waals surface area contributed by atoms with Crippen molar-refractivity contribution in [1.29, 1.82) is 0 Å². The Kier molecular flexibility index (Phi) is 3.35. The average molecular weight is 250 g/mol. The highest BCUT2D eigenvalue weighted by atomic mass is 16.2. The highest BCUT2D eigenvalue weighted by Crippen LogP contribution is 2.40. The van der Waals surface area contributed by atoms with Gasteiger partial charge in [-0.1, -0.05) is 13.3 Å². The van der Waals surface area contributed by atoms with E-state index in [1.807, 2.05) is 0 Å². The summed E-state index contributed by atoms with van der Waals surface area (Å²) in [5.41, 5.74) is -0.0789. The predicted octanol–water partition coefficient (Wildman–Crippen LogP) is 2.17. The maximum atomic E-state index is 13.0. The third-order valence-electron chi connectivity index (χ3n) is 5.63. The second-order valence-corrected chi connectivity index (χ2v) is 6.46. The van der Waals surface area contributed by atoms with Crippen LogP contribution in [-0.2, 0) is 4.79 Å². The maximum absolute atomic E-state index is 13.0. The first-order chi connectivity index (χ1) is 8.77. The van der Waals surface area contributed by atoms with E-state index in [2.05, 4.69) is 17.1 Å². The van der Waals surface area contributed by atoms with Crippen LogP contribution in [0.15, 0.2) is 0 Å². The molecule has 0 spiro atoms. The molecule has 102 valence electrons. The van der Waals surface area contributed by atoms with Gasteiger partial charge in [0.25, 0.3) is 0 Å². The van der Waals surface area contributed by atoms with Crippen LogP contribution in [0.3, 0.4) is 0 Å². The molecule has 1 amide bonds. The van der Waals surface area contributed by atoms with Gasteiger partial charge in [-0.2, -0.15) is 0 Å². The van der Waals surface area contributed by atoms with E-state index in [-0.39, 0.29) is 5.41 Å². The summed E-state index contributed by atoms with van der Waals surface area (Å²) in [5.74, 6) is 1.28. The number of carbonyl (C=O) groups excluding carboxylic acids is 1. The summed E-state index contributed by atoms with van der Waals surface area (Å²) < 4.78 is 0. The van der Waals surface area contributed by atoms with E-state index in [4.69, 9.17) is 0 Å². The van der Waals surface area contributed by atoms with Crippen LogP contribution in [0, 0.1) is 11.3 Å². The molecule has 3 fully saturated rings. The zero-order chi connectivity index (χ0) is 12.6. The molecule has 1 N–H and O–H groups in total. The lowest BCUT2D eigenvalue weighted by atomic mass is 9.80. The summed E-state index contributed by atoms with van der Waals surface area (Å²) >= 11 is 0. The highest BCUT2D eigenvalue weighted by Gasteiger charge is 2.46. The molecule has 3 nitrogen and oxygen atoms in total. The third-order valence-corrected chi connectivity index (χ3v) is 5.63. The Bertz CT molecular complexity index is 322. The van der Waals surface area contributed by atoms with Gasteiger partial charge in [0.05, 0.1) is 5.41 Å². The first-order valence-corrected chi connectivity index (χ1v) is 7.79. The molecule has 1 aliphatic carbocycles. The van der Waals surface area contributed by atoms with Gasteiger partial charge in [0.15, 0.2) is 0 Å². The number of hydrogen-bond acceptors (Lipinski definition) is 2. The Hall–Kier alpha value is -0.570. The number of nitrogens with zero attached hydrogens (tertiary/aromatic N) is 1. The average Bonchev–Trinajstić information content (AvgIpc) is 3.06. The molecule has 0 aromatic rings. The van der Waals surface area contributed by atoms with E-state index in [9.17, 15) is 4.79 Å². The SMILES string of the molecule is CCC1(C(=O)N2CCCC3CCCC32)CCNC1. The molecular formula is C15H26N2O. The molecule has 3 atom stereocenters. The van der Waals surface area contributed by atoms with Gasteiger partial charge >= 0.3 is 0 Å². The van der Waals surface area contributed by atoms with E-state index < -0.39 is 0 Å². The number of carbonyl (C=O) groups is 1. The standard InChI is InChI=1S/C15H26N2O/c1-2-15(8-9-16-11-15)14(18)17-10-4-6-12-5-3-7-13(12)17/h12-13,16H,2-11H2,1H3. The predicted molar refractivity (Wildman–Crippen MR) is 72.3 cm³/mol. The topological polar surface area (TPSA) is 32.3 Å². The molecule has 3 heteroatoms. The normalized spacial score (nSPS) is 39.9. The van der Waals surface area contributed by atoms with Crippen molar-refractivity contribution in [3.8, 4) is 0 Å². The fraction of sp³-hybridized carbons (Fsp3) is 0.933. The number of nitrogens with one attached hydrogen (secondary N) is 1. The molecule has 3 unspecified atom stereocenters. The van der Waals surface area contributed by atoms with Crippen LogP contribution in [0.5, 0.6) is 0 Å². The number of hydrogen-bond donors (Lipinski definition) is 1. The minimum atomic E-state index is -0.0789. The summed E-state index contributed by atoms with van der Waals surface area (Å²) in [7, 11) is 0. The van der Waals surface area contributed by atoms with Crippen LogP contribution >= 0.6 is 0 Å². The van der Waals surface area contributed by atoms with Crippen LogP contribution < -0.4 is 5.32 Å². The minimum absolute atomic E-state index is 0.0789. The molecule has 2 heterocycles. The van der Waals surface area contributed by atoms with Crippen LogP contribution in [-0.4, -0.2) is 36.5 Å². The number of amides is 1. The number of rotatable bonds is 2. The van der Waals surface area contributed by atoms with E-state index in [1.165, 1.54) is 32.1 Å². The van der Waals surface area contributed by atoms with Crippen molar-refractivity contribution in [1.82, 2.24) is 10.2 Å². The summed E-state index contributed by atoms with van der Waals surface area (Å²) in [6.45, 7) is 5.11. The second-order valence-electron chi connectivity index (χ2n) is 6.46. The third kappa shape index (κ3) is 1.87. The molecule has 18 heavy (non-hydrogen) atoms. The second kappa shape index (κ2) is 4.84. The van der Waals surface area contributed by atoms with Crippen molar-refractivity contribution in [2.24, 2.45) is 11.3 Å². The quantitative estimate of drug-likeness (QED) is 0.814. The molecule has 0 radical (unpaired) electrons. The largest absolute Gasteiger partial charge is 0.339 e. The van der Waals surface area contributed by atoms with Crippen LogP contribution in [0.2, 0.25) is 0 Å². The lowest BCUT2D eigenvalue weighted by Gasteiger charge is -2.42. The zero-order valence-electron chi connectivity index (χ0n) is 11.6. The highest BCUT2D eigenvalue weighted by molar-refractivity contribution is 5.84. The fourth-order valence-corrected chi connectivity index (χ4v) is 4.39. The Morgan fingerprint density at radius 3 is 2.89 bits per heavy atom. The van der Waals surface area contributed by atoms with E-state index in [0.29, 0.717) is 11.9 Å². The Morgan fingerprint density at radius 2 is 2.17 bits per heavy atom. The van der Waals surface area contributed by atoms with Crippen molar-refractivity contribution in [2.75, 3.05) is 19.6 Å². The van der Waals surface area contributed by atoms with Gasteiger partial charge < -0.3 is 10.2 Å². The summed E-state index contributed by atoms with van der Waals surface area (Å²) in [4.78, 5) is 15.3. The lowest BCUT2D eigenvalue weighted by molar-refractivity contribution is -0.146. The Balaban J connectivity index is 1.78. The number of likely N-dealkylation sites (tertiary alicyclic amines) is 1. The molecular weight excluding hydrogens is 224 g/mol. The molecule has 3 rings (SSSR count). The van der Waals surface area contributed by atoms with Crippen LogP contribution in [0.25, 0.3) is 0 Å². The molecule has 3 aliphatic rings. The van der Waals surface area contributed by atoms with Crippen molar-refractivity contribution in [3.63, 3.8) is 0 Å². The molecule has 0 aromatic carbocycles. The van der Waals surface area contributed by atoms with Gasteiger partial charge in [-0.3, -0.25) is 4.79 Å². The van der Waals surface area contributed by atoms with Crippen molar-refractivity contribution < 1.29 is 4.79 Å². The first kappa shape index (κ1) is 12.5. The van der Waals surface area contributed by atoms with E-state index >= 15 is 0 Å².